The molecule has 0 amide bonds. The third-order valence-electron chi connectivity index (χ3n) is 4.09. The molecule has 1 aliphatic heterocycles. The first-order valence-corrected chi connectivity index (χ1v) is 7.87. The van der Waals surface area contributed by atoms with Crippen LogP contribution in [0, 0.1) is 5.92 Å². The van der Waals surface area contributed by atoms with Crippen LogP contribution in [-0.4, -0.2) is 44.3 Å². The SMILES string of the molecule is Cn1cnnc1CN1CCC(COc2ccncc2Cl)CC1. The van der Waals surface area contributed by atoms with Crippen LogP contribution in [-0.2, 0) is 13.6 Å². The minimum absolute atomic E-state index is 0.569. The van der Waals surface area contributed by atoms with Crippen molar-refractivity contribution in [2.24, 2.45) is 13.0 Å². The topological polar surface area (TPSA) is 56.1 Å². The third-order valence-corrected chi connectivity index (χ3v) is 4.37. The van der Waals surface area contributed by atoms with E-state index < -0.39 is 0 Å². The Bertz CT molecular complexity index is 609. The van der Waals surface area contributed by atoms with E-state index in [4.69, 9.17) is 16.3 Å². The molecule has 0 unspecified atom stereocenters. The van der Waals surface area contributed by atoms with Crippen LogP contribution < -0.4 is 4.74 Å². The zero-order valence-corrected chi connectivity index (χ0v) is 13.4. The molecule has 0 radical (unpaired) electrons. The van der Waals surface area contributed by atoms with Crippen molar-refractivity contribution < 1.29 is 4.74 Å². The first kappa shape index (κ1) is 15.2. The lowest BCUT2D eigenvalue weighted by Gasteiger charge is -2.31. The normalized spacial score (nSPS) is 16.8. The molecule has 1 fully saturated rings. The van der Waals surface area contributed by atoms with E-state index in [1.54, 1.807) is 18.7 Å². The zero-order chi connectivity index (χ0) is 15.4. The second kappa shape index (κ2) is 7.07. The van der Waals surface area contributed by atoms with Gasteiger partial charge in [-0.25, -0.2) is 0 Å². The van der Waals surface area contributed by atoms with Crippen LogP contribution in [0.3, 0.4) is 0 Å². The number of likely N-dealkylation sites (tertiary alicyclic amines) is 1. The van der Waals surface area contributed by atoms with E-state index in [1.165, 1.54) is 0 Å². The van der Waals surface area contributed by atoms with Crippen LogP contribution >= 0.6 is 11.6 Å². The molecule has 0 bridgehead atoms. The van der Waals surface area contributed by atoms with E-state index in [9.17, 15) is 0 Å². The van der Waals surface area contributed by atoms with Crippen LogP contribution in [0.4, 0.5) is 0 Å². The van der Waals surface area contributed by atoms with Crippen LogP contribution in [0.25, 0.3) is 0 Å². The van der Waals surface area contributed by atoms with Crippen LogP contribution in [0.2, 0.25) is 5.02 Å². The Labute approximate surface area is 135 Å². The molecule has 0 saturated carbocycles. The molecule has 7 heteroatoms. The summed E-state index contributed by atoms with van der Waals surface area (Å²) in [4.78, 5) is 6.38. The maximum atomic E-state index is 6.05. The van der Waals surface area contributed by atoms with Gasteiger partial charge in [-0.2, -0.15) is 0 Å². The number of nitrogens with zero attached hydrogens (tertiary/aromatic N) is 5. The lowest BCUT2D eigenvalue weighted by atomic mass is 9.98. The molecule has 0 spiro atoms. The van der Waals surface area contributed by atoms with Gasteiger partial charge in [-0.05, 0) is 31.8 Å². The van der Waals surface area contributed by atoms with Gasteiger partial charge in [0.1, 0.15) is 22.9 Å². The number of hydrogen-bond acceptors (Lipinski definition) is 5. The van der Waals surface area contributed by atoms with Crippen molar-refractivity contribution in [2.75, 3.05) is 19.7 Å². The van der Waals surface area contributed by atoms with Gasteiger partial charge in [-0.3, -0.25) is 9.88 Å². The fourth-order valence-electron chi connectivity index (χ4n) is 2.65. The van der Waals surface area contributed by atoms with Crippen molar-refractivity contribution in [2.45, 2.75) is 19.4 Å². The average molecular weight is 322 g/mol. The van der Waals surface area contributed by atoms with Crippen LogP contribution in [0.5, 0.6) is 5.75 Å². The maximum Gasteiger partial charge on any atom is 0.146 e. The average Bonchev–Trinajstić information content (AvgIpc) is 2.93. The second-order valence-electron chi connectivity index (χ2n) is 5.69. The molecular formula is C15H20ClN5O. The predicted molar refractivity (Wildman–Crippen MR) is 83.7 cm³/mol. The molecule has 3 heterocycles. The van der Waals surface area contributed by atoms with Crippen molar-refractivity contribution in [3.05, 3.63) is 35.6 Å². The second-order valence-corrected chi connectivity index (χ2v) is 6.10. The Kier molecular flexibility index (Phi) is 4.90. The molecule has 2 aromatic rings. The molecule has 3 rings (SSSR count). The summed E-state index contributed by atoms with van der Waals surface area (Å²) in [7, 11) is 1.98. The number of pyridine rings is 1. The molecule has 118 valence electrons. The van der Waals surface area contributed by atoms with Crippen molar-refractivity contribution in [1.82, 2.24) is 24.6 Å². The van der Waals surface area contributed by atoms with Gasteiger partial charge in [0.25, 0.3) is 0 Å². The van der Waals surface area contributed by atoms with Crippen LogP contribution in [0.1, 0.15) is 18.7 Å². The van der Waals surface area contributed by atoms with E-state index in [1.807, 2.05) is 17.7 Å². The Hall–Kier alpha value is -1.66. The molecule has 1 saturated heterocycles. The number of piperidine rings is 1. The summed E-state index contributed by atoms with van der Waals surface area (Å²) in [5.41, 5.74) is 0. The molecule has 1 aliphatic rings. The van der Waals surface area contributed by atoms with Crippen LogP contribution in [0.15, 0.2) is 24.8 Å². The largest absolute Gasteiger partial charge is 0.492 e. The minimum atomic E-state index is 0.569. The fourth-order valence-corrected chi connectivity index (χ4v) is 2.82. The monoisotopic (exact) mass is 321 g/mol. The first-order valence-electron chi connectivity index (χ1n) is 7.50. The lowest BCUT2D eigenvalue weighted by molar-refractivity contribution is 0.134. The molecule has 0 aromatic carbocycles. The number of halogens is 1. The van der Waals surface area contributed by atoms with Gasteiger partial charge in [0.05, 0.1) is 13.2 Å². The number of ether oxygens (including phenoxy) is 1. The highest BCUT2D eigenvalue weighted by Crippen LogP contribution is 2.25. The molecule has 6 nitrogen and oxygen atoms in total. The maximum absolute atomic E-state index is 6.05. The fraction of sp³-hybridized carbons (Fsp3) is 0.533. The van der Waals surface area contributed by atoms with E-state index in [0.717, 1.165) is 44.0 Å². The van der Waals surface area contributed by atoms with Gasteiger partial charge in [0.15, 0.2) is 0 Å². The highest BCUT2D eigenvalue weighted by atomic mass is 35.5. The standard InChI is InChI=1S/C15H20ClN5O/c1-20-11-18-19-15(20)9-21-6-3-12(4-7-21)10-22-14-2-5-17-8-13(14)16/h2,5,8,11-12H,3-4,6-7,9-10H2,1H3. The quantitative estimate of drug-likeness (QED) is 0.844. The van der Waals surface area contributed by atoms with Gasteiger partial charge >= 0.3 is 0 Å². The summed E-state index contributed by atoms with van der Waals surface area (Å²) in [6, 6.07) is 1.81. The van der Waals surface area contributed by atoms with Gasteiger partial charge < -0.3 is 9.30 Å². The van der Waals surface area contributed by atoms with Gasteiger partial charge in [-0.15, -0.1) is 10.2 Å². The van der Waals surface area contributed by atoms with Gasteiger partial charge in [0.2, 0.25) is 0 Å². The summed E-state index contributed by atoms with van der Waals surface area (Å²) in [6.45, 7) is 3.69. The van der Waals surface area contributed by atoms with Crippen molar-refractivity contribution in [3.8, 4) is 5.75 Å². The summed E-state index contributed by atoms with van der Waals surface area (Å²) in [6.07, 6.45) is 7.31. The zero-order valence-electron chi connectivity index (χ0n) is 12.7. The molecule has 2 aromatic heterocycles. The first-order chi connectivity index (χ1) is 10.7. The molecule has 0 N–H and O–H groups in total. The molecule has 0 atom stereocenters. The molecule has 22 heavy (non-hydrogen) atoms. The highest BCUT2D eigenvalue weighted by Gasteiger charge is 2.21. The van der Waals surface area contributed by atoms with E-state index >= 15 is 0 Å². The summed E-state index contributed by atoms with van der Waals surface area (Å²) in [5, 5.41) is 8.63. The Balaban J connectivity index is 1.44. The number of aromatic nitrogens is 4. The highest BCUT2D eigenvalue weighted by molar-refractivity contribution is 6.31. The van der Waals surface area contributed by atoms with Crippen molar-refractivity contribution >= 4 is 11.6 Å². The smallest absolute Gasteiger partial charge is 0.146 e. The lowest BCUT2D eigenvalue weighted by Crippen LogP contribution is -2.35. The number of rotatable bonds is 5. The number of hydrogen-bond donors (Lipinski definition) is 0. The summed E-state index contributed by atoms with van der Waals surface area (Å²) < 4.78 is 7.79. The Morgan fingerprint density at radius 3 is 2.86 bits per heavy atom. The number of aryl methyl sites for hydroxylation is 1. The van der Waals surface area contributed by atoms with Crippen molar-refractivity contribution in [3.63, 3.8) is 0 Å². The summed E-state index contributed by atoms with van der Waals surface area (Å²) >= 11 is 6.05. The van der Waals surface area contributed by atoms with Gasteiger partial charge in [0, 0.05) is 25.5 Å². The summed E-state index contributed by atoms with van der Waals surface area (Å²) in [5.74, 6) is 2.30. The van der Waals surface area contributed by atoms with Gasteiger partial charge in [-0.1, -0.05) is 11.6 Å². The Morgan fingerprint density at radius 2 is 2.18 bits per heavy atom. The predicted octanol–water partition coefficient (Wildman–Crippen LogP) is 2.15. The molecular weight excluding hydrogens is 302 g/mol. The van der Waals surface area contributed by atoms with E-state index in [-0.39, 0.29) is 0 Å². The minimum Gasteiger partial charge on any atom is -0.492 e. The van der Waals surface area contributed by atoms with Crippen molar-refractivity contribution in [1.29, 1.82) is 0 Å². The third kappa shape index (κ3) is 3.75. The van der Waals surface area contributed by atoms with E-state index in [2.05, 4.69) is 20.1 Å². The Morgan fingerprint density at radius 1 is 1.36 bits per heavy atom. The molecule has 0 aliphatic carbocycles. The van der Waals surface area contributed by atoms with E-state index in [0.29, 0.717) is 17.5 Å².